The van der Waals surface area contributed by atoms with Crippen molar-refractivity contribution in [1.82, 2.24) is 10.6 Å². The molecule has 0 aromatic carbocycles. The Labute approximate surface area is 119 Å². The van der Waals surface area contributed by atoms with E-state index in [1.165, 1.54) is 7.05 Å². The standard InChI is InChI=1S/C14H24N2O4/c1-7(2)6-8(11(17)15-5)16-12(18)9-10(13(19)20)14(9,3)4/h7-10H,6H2,1-5H3,(H,15,17)(H,16,18)(H,19,20). The fourth-order valence-corrected chi connectivity index (χ4v) is 2.73. The van der Waals surface area contributed by atoms with Gasteiger partial charge in [0.05, 0.1) is 11.8 Å². The van der Waals surface area contributed by atoms with Gasteiger partial charge in [0.2, 0.25) is 11.8 Å². The van der Waals surface area contributed by atoms with Crippen LogP contribution in [0, 0.1) is 23.2 Å². The lowest BCUT2D eigenvalue weighted by molar-refractivity contribution is -0.140. The molecule has 2 amide bonds. The first-order valence-corrected chi connectivity index (χ1v) is 6.87. The van der Waals surface area contributed by atoms with Gasteiger partial charge in [-0.2, -0.15) is 0 Å². The highest BCUT2D eigenvalue weighted by molar-refractivity contribution is 5.94. The molecule has 0 aromatic rings. The predicted molar refractivity (Wildman–Crippen MR) is 73.8 cm³/mol. The van der Waals surface area contributed by atoms with E-state index in [9.17, 15) is 14.4 Å². The Bertz CT molecular complexity index is 417. The number of carboxylic acids is 1. The molecule has 0 spiro atoms. The number of rotatable bonds is 6. The molecule has 3 N–H and O–H groups in total. The van der Waals surface area contributed by atoms with Gasteiger partial charge < -0.3 is 15.7 Å². The molecule has 3 unspecified atom stereocenters. The lowest BCUT2D eigenvalue weighted by Crippen LogP contribution is -2.47. The summed E-state index contributed by atoms with van der Waals surface area (Å²) >= 11 is 0. The second kappa shape index (κ2) is 5.81. The van der Waals surface area contributed by atoms with E-state index in [1.807, 2.05) is 13.8 Å². The van der Waals surface area contributed by atoms with Crippen molar-refractivity contribution >= 4 is 17.8 Å². The summed E-state index contributed by atoms with van der Waals surface area (Å²) in [5.74, 6) is -2.56. The minimum absolute atomic E-state index is 0.250. The molecule has 0 saturated heterocycles. The summed E-state index contributed by atoms with van der Waals surface area (Å²) in [5, 5.41) is 14.3. The molecule has 1 fully saturated rings. The highest BCUT2D eigenvalue weighted by Gasteiger charge is 2.66. The summed E-state index contributed by atoms with van der Waals surface area (Å²) in [6.07, 6.45) is 0.524. The Morgan fingerprint density at radius 1 is 1.20 bits per heavy atom. The molecule has 1 rings (SSSR count). The number of likely N-dealkylation sites (N-methyl/N-ethyl adjacent to an activating group) is 1. The molecule has 0 bridgehead atoms. The summed E-state index contributed by atoms with van der Waals surface area (Å²) < 4.78 is 0. The minimum Gasteiger partial charge on any atom is -0.481 e. The summed E-state index contributed by atoms with van der Waals surface area (Å²) in [5.41, 5.74) is -0.555. The zero-order valence-electron chi connectivity index (χ0n) is 12.7. The van der Waals surface area contributed by atoms with Crippen LogP contribution in [0.25, 0.3) is 0 Å². The summed E-state index contributed by atoms with van der Waals surface area (Å²) in [7, 11) is 1.52. The summed E-state index contributed by atoms with van der Waals surface area (Å²) in [6, 6.07) is -0.613. The van der Waals surface area contributed by atoms with E-state index in [0.29, 0.717) is 6.42 Å². The summed E-state index contributed by atoms with van der Waals surface area (Å²) in [6.45, 7) is 7.44. The van der Waals surface area contributed by atoms with Crippen LogP contribution in [-0.4, -0.2) is 36.0 Å². The van der Waals surface area contributed by atoms with Crippen molar-refractivity contribution in [2.75, 3.05) is 7.05 Å². The number of hydrogen-bond acceptors (Lipinski definition) is 3. The predicted octanol–water partition coefficient (Wildman–Crippen LogP) is 0.620. The normalized spacial score (nSPS) is 24.9. The maximum atomic E-state index is 12.2. The van der Waals surface area contributed by atoms with Crippen molar-refractivity contribution in [3.63, 3.8) is 0 Å². The third-order valence-electron chi connectivity index (χ3n) is 3.96. The Balaban J connectivity index is 2.73. The van der Waals surface area contributed by atoms with Gasteiger partial charge in [0.25, 0.3) is 0 Å². The molecular weight excluding hydrogens is 260 g/mol. The number of carbonyl (C=O) groups excluding carboxylic acids is 2. The van der Waals surface area contributed by atoms with Crippen molar-refractivity contribution in [3.05, 3.63) is 0 Å². The Morgan fingerprint density at radius 3 is 2.10 bits per heavy atom. The molecule has 0 aliphatic heterocycles. The third-order valence-corrected chi connectivity index (χ3v) is 3.96. The van der Waals surface area contributed by atoms with Crippen LogP contribution >= 0.6 is 0 Å². The average molecular weight is 284 g/mol. The van der Waals surface area contributed by atoms with Gasteiger partial charge in [0.15, 0.2) is 0 Å². The largest absolute Gasteiger partial charge is 0.481 e. The van der Waals surface area contributed by atoms with E-state index in [-0.39, 0.29) is 17.7 Å². The third kappa shape index (κ3) is 3.29. The minimum atomic E-state index is -0.962. The Morgan fingerprint density at radius 2 is 1.75 bits per heavy atom. The van der Waals surface area contributed by atoms with E-state index in [1.54, 1.807) is 13.8 Å². The van der Waals surface area contributed by atoms with Crippen LogP contribution in [0.4, 0.5) is 0 Å². The molecule has 1 aliphatic rings. The van der Waals surface area contributed by atoms with Crippen molar-refractivity contribution in [2.45, 2.75) is 40.2 Å². The first-order valence-electron chi connectivity index (χ1n) is 6.87. The van der Waals surface area contributed by atoms with Crippen LogP contribution in [0.5, 0.6) is 0 Å². The topological polar surface area (TPSA) is 95.5 Å². The monoisotopic (exact) mass is 284 g/mol. The lowest BCUT2D eigenvalue weighted by atomic mass is 10.0. The smallest absolute Gasteiger partial charge is 0.307 e. The molecule has 1 aliphatic carbocycles. The summed E-state index contributed by atoms with van der Waals surface area (Å²) in [4.78, 5) is 35.0. The van der Waals surface area contributed by atoms with Crippen LogP contribution in [0.15, 0.2) is 0 Å². The van der Waals surface area contributed by atoms with Crippen molar-refractivity contribution in [2.24, 2.45) is 23.2 Å². The number of aliphatic carboxylic acids is 1. The maximum Gasteiger partial charge on any atom is 0.307 e. The van der Waals surface area contributed by atoms with Crippen LogP contribution in [0.1, 0.15) is 34.1 Å². The maximum absolute atomic E-state index is 12.2. The van der Waals surface area contributed by atoms with Crippen LogP contribution < -0.4 is 10.6 Å². The van der Waals surface area contributed by atoms with Gasteiger partial charge in [0.1, 0.15) is 6.04 Å². The SMILES string of the molecule is CNC(=O)C(CC(C)C)NC(=O)C1C(C(=O)O)C1(C)C. The van der Waals surface area contributed by atoms with Gasteiger partial charge in [-0.05, 0) is 17.8 Å². The first kappa shape index (κ1) is 16.5. The van der Waals surface area contributed by atoms with Gasteiger partial charge in [-0.3, -0.25) is 14.4 Å². The first-order chi connectivity index (χ1) is 9.12. The number of carbonyl (C=O) groups is 3. The number of amides is 2. The fourth-order valence-electron chi connectivity index (χ4n) is 2.73. The Kier molecular flexibility index (Phi) is 4.78. The molecule has 6 nitrogen and oxygen atoms in total. The van der Waals surface area contributed by atoms with E-state index in [2.05, 4.69) is 10.6 Å². The zero-order chi connectivity index (χ0) is 15.7. The van der Waals surface area contributed by atoms with E-state index in [0.717, 1.165) is 0 Å². The molecule has 0 radical (unpaired) electrons. The number of carboxylic acid groups (broad SMARTS) is 1. The van der Waals surface area contributed by atoms with E-state index >= 15 is 0 Å². The highest BCUT2D eigenvalue weighted by Crippen LogP contribution is 2.58. The molecule has 0 heterocycles. The van der Waals surface area contributed by atoms with Gasteiger partial charge >= 0.3 is 5.97 Å². The Hall–Kier alpha value is -1.59. The van der Waals surface area contributed by atoms with Crippen LogP contribution in [0.3, 0.4) is 0 Å². The van der Waals surface area contributed by atoms with Crippen LogP contribution in [0.2, 0.25) is 0 Å². The lowest BCUT2D eigenvalue weighted by Gasteiger charge is -2.19. The molecule has 6 heteroatoms. The highest BCUT2D eigenvalue weighted by atomic mass is 16.4. The second-order valence-corrected chi connectivity index (χ2v) is 6.42. The van der Waals surface area contributed by atoms with Gasteiger partial charge in [0, 0.05) is 7.05 Å². The zero-order valence-corrected chi connectivity index (χ0v) is 12.7. The van der Waals surface area contributed by atoms with Crippen molar-refractivity contribution in [3.8, 4) is 0 Å². The number of nitrogens with one attached hydrogen (secondary N) is 2. The van der Waals surface area contributed by atoms with Crippen LogP contribution in [-0.2, 0) is 14.4 Å². The van der Waals surface area contributed by atoms with Gasteiger partial charge in [-0.25, -0.2) is 0 Å². The average Bonchev–Trinajstić information content (AvgIpc) is 2.90. The molecule has 3 atom stereocenters. The molecule has 20 heavy (non-hydrogen) atoms. The molecule has 0 aromatic heterocycles. The van der Waals surface area contributed by atoms with E-state index in [4.69, 9.17) is 5.11 Å². The molecular formula is C14H24N2O4. The fraction of sp³-hybridized carbons (Fsp3) is 0.786. The van der Waals surface area contributed by atoms with Gasteiger partial charge in [-0.15, -0.1) is 0 Å². The number of hydrogen-bond donors (Lipinski definition) is 3. The van der Waals surface area contributed by atoms with Crippen molar-refractivity contribution < 1.29 is 19.5 Å². The molecule has 1 saturated carbocycles. The molecule has 114 valence electrons. The van der Waals surface area contributed by atoms with E-state index < -0.39 is 29.3 Å². The quantitative estimate of drug-likeness (QED) is 0.666. The second-order valence-electron chi connectivity index (χ2n) is 6.42. The van der Waals surface area contributed by atoms with Gasteiger partial charge in [-0.1, -0.05) is 27.7 Å². The van der Waals surface area contributed by atoms with Crippen molar-refractivity contribution in [1.29, 1.82) is 0 Å².